The van der Waals surface area contributed by atoms with Gasteiger partial charge in [-0.25, -0.2) is 0 Å². The maximum Gasteiger partial charge on any atom is 0.0615 e. The van der Waals surface area contributed by atoms with Crippen molar-refractivity contribution in [1.82, 2.24) is 4.90 Å². The smallest absolute Gasteiger partial charge is 0.0615 e. The lowest BCUT2D eigenvalue weighted by molar-refractivity contribution is -0.0190. The molecule has 2 fully saturated rings. The fourth-order valence-corrected chi connectivity index (χ4v) is 2.08. The molecule has 0 saturated carbocycles. The van der Waals surface area contributed by atoms with Crippen molar-refractivity contribution in [1.29, 1.82) is 0 Å². The van der Waals surface area contributed by atoms with E-state index in [4.69, 9.17) is 5.11 Å². The lowest BCUT2D eigenvalue weighted by Gasteiger charge is -2.47. The molecule has 0 unspecified atom stereocenters. The van der Waals surface area contributed by atoms with Crippen molar-refractivity contribution < 1.29 is 5.11 Å². The molecule has 0 amide bonds. The normalized spacial score (nSPS) is 42.3. The molecule has 2 rings (SSSR count). The summed E-state index contributed by atoms with van der Waals surface area (Å²) in [5.41, 5.74) is 0.264. The Labute approximate surface area is 55.5 Å². The summed E-state index contributed by atoms with van der Waals surface area (Å²) in [5.74, 6) is 0. The first-order chi connectivity index (χ1) is 4.37. The number of aliphatic hydroxyl groups excluding tert-OH is 1. The quantitative estimate of drug-likeness (QED) is 0.544. The van der Waals surface area contributed by atoms with Gasteiger partial charge in [0.2, 0.25) is 0 Å². The first-order valence-electron chi connectivity index (χ1n) is 3.73. The summed E-state index contributed by atoms with van der Waals surface area (Å²) in [7, 11) is 0. The highest BCUT2D eigenvalue weighted by atomic mass is 16.3. The van der Waals surface area contributed by atoms with Gasteiger partial charge in [0.05, 0.1) is 6.61 Å². The van der Waals surface area contributed by atoms with Crippen LogP contribution in [0, 0.1) is 0 Å². The predicted molar refractivity (Wildman–Crippen MR) is 35.2 cm³/mol. The molecule has 0 spiro atoms. The molecule has 1 N–H and O–H groups in total. The van der Waals surface area contributed by atoms with Crippen LogP contribution in [0.1, 0.15) is 19.3 Å². The Kier molecular flexibility index (Phi) is 1.08. The van der Waals surface area contributed by atoms with E-state index in [2.05, 4.69) is 4.90 Å². The number of nitrogens with zero attached hydrogens (tertiary/aromatic N) is 1. The average molecular weight is 127 g/mol. The summed E-state index contributed by atoms with van der Waals surface area (Å²) >= 11 is 0. The second kappa shape index (κ2) is 1.70. The number of hydrogen-bond acceptors (Lipinski definition) is 2. The molecule has 2 saturated heterocycles. The van der Waals surface area contributed by atoms with Crippen LogP contribution in [0.15, 0.2) is 0 Å². The van der Waals surface area contributed by atoms with Gasteiger partial charge in [-0.05, 0) is 25.8 Å². The maximum absolute atomic E-state index is 9.01. The van der Waals surface area contributed by atoms with Gasteiger partial charge in [-0.2, -0.15) is 0 Å². The molecule has 0 aromatic carbocycles. The van der Waals surface area contributed by atoms with Crippen molar-refractivity contribution in [3.8, 4) is 0 Å². The molecule has 0 aromatic heterocycles. The van der Waals surface area contributed by atoms with Gasteiger partial charge in [-0.15, -0.1) is 0 Å². The lowest BCUT2D eigenvalue weighted by atomic mass is 9.86. The molecule has 1 atom stereocenters. The third-order valence-electron chi connectivity index (χ3n) is 2.88. The Hall–Kier alpha value is -0.0800. The second-order valence-corrected chi connectivity index (χ2v) is 3.22. The first-order valence-corrected chi connectivity index (χ1v) is 3.73. The van der Waals surface area contributed by atoms with E-state index in [9.17, 15) is 0 Å². The standard InChI is InChI=1S/C7H13NO/c9-6-7-2-1-4-8(7)5-3-7/h9H,1-6H2/t7-/m0/s1. The fraction of sp³-hybridized carbons (Fsp3) is 1.00. The Bertz CT molecular complexity index is 122. The molecule has 2 aliphatic heterocycles. The Morgan fingerprint density at radius 1 is 1.33 bits per heavy atom. The number of rotatable bonds is 1. The van der Waals surface area contributed by atoms with Crippen LogP contribution in [-0.2, 0) is 0 Å². The molecular weight excluding hydrogens is 114 g/mol. The zero-order valence-electron chi connectivity index (χ0n) is 5.64. The van der Waals surface area contributed by atoms with E-state index in [-0.39, 0.29) is 5.54 Å². The highest BCUT2D eigenvalue weighted by Crippen LogP contribution is 2.39. The van der Waals surface area contributed by atoms with Crippen LogP contribution in [0.5, 0.6) is 0 Å². The second-order valence-electron chi connectivity index (χ2n) is 3.22. The molecule has 9 heavy (non-hydrogen) atoms. The zero-order valence-corrected chi connectivity index (χ0v) is 5.64. The van der Waals surface area contributed by atoms with Gasteiger partial charge in [-0.3, -0.25) is 4.90 Å². The van der Waals surface area contributed by atoms with E-state index in [0.29, 0.717) is 6.61 Å². The van der Waals surface area contributed by atoms with Crippen molar-refractivity contribution in [3.63, 3.8) is 0 Å². The van der Waals surface area contributed by atoms with Gasteiger partial charge >= 0.3 is 0 Å². The third-order valence-corrected chi connectivity index (χ3v) is 2.88. The van der Waals surface area contributed by atoms with Crippen molar-refractivity contribution in [2.45, 2.75) is 24.8 Å². The molecule has 2 heterocycles. The van der Waals surface area contributed by atoms with Gasteiger partial charge < -0.3 is 5.11 Å². The van der Waals surface area contributed by atoms with Gasteiger partial charge in [0.1, 0.15) is 0 Å². The predicted octanol–water partition coefficient (Wildman–Crippen LogP) is 0.217. The Morgan fingerprint density at radius 2 is 2.22 bits per heavy atom. The fourth-order valence-electron chi connectivity index (χ4n) is 2.08. The van der Waals surface area contributed by atoms with E-state index in [1.54, 1.807) is 0 Å². The molecule has 0 aromatic rings. The van der Waals surface area contributed by atoms with E-state index < -0.39 is 0 Å². The van der Waals surface area contributed by atoms with Gasteiger partial charge in [0.25, 0.3) is 0 Å². The molecule has 2 nitrogen and oxygen atoms in total. The minimum absolute atomic E-state index is 0.264. The number of aliphatic hydroxyl groups is 1. The van der Waals surface area contributed by atoms with Crippen molar-refractivity contribution in [3.05, 3.63) is 0 Å². The SMILES string of the molecule is OC[C@@]12CCCN1CC2. The van der Waals surface area contributed by atoms with E-state index >= 15 is 0 Å². The molecule has 2 heteroatoms. The summed E-state index contributed by atoms with van der Waals surface area (Å²) in [5, 5.41) is 9.01. The molecule has 52 valence electrons. The average Bonchev–Trinajstić information content (AvgIpc) is 2.10. The van der Waals surface area contributed by atoms with Crippen LogP contribution in [0.4, 0.5) is 0 Å². The van der Waals surface area contributed by atoms with Crippen LogP contribution in [0.2, 0.25) is 0 Å². The van der Waals surface area contributed by atoms with Crippen molar-refractivity contribution in [2.24, 2.45) is 0 Å². The van der Waals surface area contributed by atoms with Crippen LogP contribution < -0.4 is 0 Å². The van der Waals surface area contributed by atoms with E-state index in [1.165, 1.54) is 32.4 Å². The Morgan fingerprint density at radius 3 is 2.56 bits per heavy atom. The first kappa shape index (κ1) is 5.69. The van der Waals surface area contributed by atoms with Gasteiger partial charge in [-0.1, -0.05) is 0 Å². The van der Waals surface area contributed by atoms with Crippen LogP contribution in [-0.4, -0.2) is 35.2 Å². The van der Waals surface area contributed by atoms with Crippen LogP contribution in [0.25, 0.3) is 0 Å². The van der Waals surface area contributed by atoms with E-state index in [1.807, 2.05) is 0 Å². The molecule has 0 radical (unpaired) electrons. The summed E-state index contributed by atoms with van der Waals surface area (Å²) in [6, 6.07) is 0. The highest BCUT2D eigenvalue weighted by molar-refractivity contribution is 5.03. The van der Waals surface area contributed by atoms with Gasteiger partial charge in [0.15, 0.2) is 0 Å². The lowest BCUT2D eigenvalue weighted by Crippen LogP contribution is -2.57. The highest BCUT2D eigenvalue weighted by Gasteiger charge is 2.46. The van der Waals surface area contributed by atoms with Crippen LogP contribution >= 0.6 is 0 Å². The topological polar surface area (TPSA) is 23.5 Å². The number of fused-ring (bicyclic) bond motifs is 1. The summed E-state index contributed by atoms with van der Waals surface area (Å²) < 4.78 is 0. The zero-order chi connectivity index (χ0) is 6.32. The molecule has 2 aliphatic rings. The monoisotopic (exact) mass is 127 g/mol. The minimum atomic E-state index is 0.264. The van der Waals surface area contributed by atoms with Crippen molar-refractivity contribution in [2.75, 3.05) is 19.7 Å². The molecular formula is C7H13NO. The minimum Gasteiger partial charge on any atom is -0.394 e. The van der Waals surface area contributed by atoms with Crippen LogP contribution in [0.3, 0.4) is 0 Å². The molecule has 0 aliphatic carbocycles. The molecule has 0 bridgehead atoms. The summed E-state index contributed by atoms with van der Waals surface area (Å²) in [6.07, 6.45) is 3.74. The maximum atomic E-state index is 9.01. The summed E-state index contributed by atoms with van der Waals surface area (Å²) in [4.78, 5) is 2.41. The van der Waals surface area contributed by atoms with Crippen molar-refractivity contribution >= 4 is 0 Å². The summed E-state index contributed by atoms with van der Waals surface area (Å²) in [6.45, 7) is 2.83. The van der Waals surface area contributed by atoms with Gasteiger partial charge in [0, 0.05) is 12.1 Å². The largest absolute Gasteiger partial charge is 0.394 e. The number of hydrogen-bond donors (Lipinski definition) is 1. The Balaban J connectivity index is 2.10. The van der Waals surface area contributed by atoms with E-state index in [0.717, 1.165) is 0 Å². The third kappa shape index (κ3) is 0.578.